The highest BCUT2D eigenvalue weighted by Crippen LogP contribution is 2.30. The van der Waals surface area contributed by atoms with Crippen LogP contribution in [0.2, 0.25) is 0 Å². The van der Waals surface area contributed by atoms with Crippen molar-refractivity contribution in [3.05, 3.63) is 35.9 Å². The maximum Gasteiger partial charge on any atom is 0.410 e. The van der Waals surface area contributed by atoms with Gasteiger partial charge in [-0.3, -0.25) is 4.79 Å². The predicted molar refractivity (Wildman–Crippen MR) is 105 cm³/mol. The number of amides is 1. The average Bonchev–Trinajstić information content (AvgIpc) is 2.72. The Labute approximate surface area is 163 Å². The molecule has 0 saturated carbocycles. The summed E-state index contributed by atoms with van der Waals surface area (Å²) in [5.74, 6) is 0.0103. The molecule has 1 unspecified atom stereocenters. The van der Waals surface area contributed by atoms with Crippen molar-refractivity contribution in [3.63, 3.8) is 0 Å². The summed E-state index contributed by atoms with van der Waals surface area (Å²) in [6.07, 6.45) is 1.13. The van der Waals surface area contributed by atoms with Gasteiger partial charge in [-0.15, -0.1) is 0 Å². The van der Waals surface area contributed by atoms with Crippen LogP contribution in [0.25, 0.3) is 0 Å². The molecule has 150 valence electrons. The first kappa shape index (κ1) is 21.4. The largest absolute Gasteiger partial charge is 0.443 e. The number of benzene rings is 1. The van der Waals surface area contributed by atoms with E-state index in [9.17, 15) is 9.59 Å². The Hall–Kier alpha value is -1.88. The first-order chi connectivity index (χ1) is 12.5. The van der Waals surface area contributed by atoms with E-state index in [4.69, 9.17) is 9.47 Å². The lowest BCUT2D eigenvalue weighted by Gasteiger charge is -2.34. The van der Waals surface area contributed by atoms with Crippen LogP contribution in [0.3, 0.4) is 0 Å². The first-order valence-electron chi connectivity index (χ1n) is 9.69. The molecule has 1 aliphatic heterocycles. The summed E-state index contributed by atoms with van der Waals surface area (Å²) in [4.78, 5) is 26.4. The zero-order valence-corrected chi connectivity index (χ0v) is 17.3. The van der Waals surface area contributed by atoms with Crippen molar-refractivity contribution in [3.8, 4) is 0 Å². The summed E-state index contributed by atoms with van der Waals surface area (Å²) >= 11 is 0. The molecule has 1 heterocycles. The number of likely N-dealkylation sites (tertiary alicyclic amines) is 1. The molecule has 1 aromatic carbocycles. The summed E-state index contributed by atoms with van der Waals surface area (Å²) in [7, 11) is 0. The molecular weight excluding hydrogens is 342 g/mol. The van der Waals surface area contributed by atoms with Crippen LogP contribution in [0.1, 0.15) is 59.4 Å². The van der Waals surface area contributed by atoms with E-state index >= 15 is 0 Å². The molecule has 2 rings (SSSR count). The molecule has 0 spiro atoms. The Kier molecular flexibility index (Phi) is 7.04. The minimum Gasteiger partial charge on any atom is -0.443 e. The lowest BCUT2D eigenvalue weighted by atomic mass is 9.84. The van der Waals surface area contributed by atoms with Crippen molar-refractivity contribution in [1.29, 1.82) is 0 Å². The molecule has 1 aliphatic rings. The first-order valence-corrected chi connectivity index (χ1v) is 9.69. The molecule has 5 nitrogen and oxygen atoms in total. The van der Waals surface area contributed by atoms with Crippen molar-refractivity contribution in [2.24, 2.45) is 5.41 Å². The van der Waals surface area contributed by atoms with Gasteiger partial charge in [0.15, 0.2) is 5.78 Å². The van der Waals surface area contributed by atoms with Gasteiger partial charge in [-0.25, -0.2) is 4.79 Å². The lowest BCUT2D eigenvalue weighted by molar-refractivity contribution is -0.122. The molecule has 1 atom stereocenters. The second kappa shape index (κ2) is 8.87. The summed E-state index contributed by atoms with van der Waals surface area (Å²) in [5.41, 5.74) is 0.553. The van der Waals surface area contributed by atoms with Crippen molar-refractivity contribution in [2.45, 2.75) is 72.2 Å². The van der Waals surface area contributed by atoms with Gasteiger partial charge in [0.25, 0.3) is 0 Å². The van der Waals surface area contributed by atoms with Crippen LogP contribution in [0.5, 0.6) is 0 Å². The molecule has 1 saturated heterocycles. The van der Waals surface area contributed by atoms with E-state index in [-0.39, 0.29) is 23.8 Å². The van der Waals surface area contributed by atoms with Crippen LogP contribution in [0.15, 0.2) is 30.3 Å². The Bertz CT molecular complexity index is 633. The quantitative estimate of drug-likeness (QED) is 0.755. The highest BCUT2D eigenvalue weighted by molar-refractivity contribution is 5.84. The third kappa shape index (κ3) is 7.71. The molecule has 1 fully saturated rings. The van der Waals surface area contributed by atoms with Gasteiger partial charge in [0.1, 0.15) is 5.60 Å². The molecule has 1 aromatic rings. The SMILES string of the molecule is CC(C)(C)CC(C)(C)OC(=O)N1CCC(OCc2ccccc2)CC(=O)C1. The van der Waals surface area contributed by atoms with E-state index < -0.39 is 11.7 Å². The van der Waals surface area contributed by atoms with Gasteiger partial charge in [-0.05, 0) is 37.7 Å². The Morgan fingerprint density at radius 3 is 2.44 bits per heavy atom. The Morgan fingerprint density at radius 2 is 1.81 bits per heavy atom. The number of carbonyl (C=O) groups is 2. The number of hydrogen-bond acceptors (Lipinski definition) is 4. The topological polar surface area (TPSA) is 55.8 Å². The lowest BCUT2D eigenvalue weighted by Crippen LogP contribution is -2.41. The van der Waals surface area contributed by atoms with Gasteiger partial charge in [-0.2, -0.15) is 0 Å². The fraction of sp³-hybridized carbons (Fsp3) is 0.636. The number of carbonyl (C=O) groups excluding carboxylic acids is 2. The normalized spacial score (nSPS) is 18.9. The molecule has 0 radical (unpaired) electrons. The molecule has 5 heteroatoms. The average molecular weight is 376 g/mol. The highest BCUT2D eigenvalue weighted by atomic mass is 16.6. The zero-order chi connectivity index (χ0) is 20.1. The fourth-order valence-electron chi connectivity index (χ4n) is 3.71. The second-order valence-electron chi connectivity index (χ2n) is 9.24. The van der Waals surface area contributed by atoms with E-state index in [2.05, 4.69) is 20.8 Å². The van der Waals surface area contributed by atoms with Crippen LogP contribution in [-0.4, -0.2) is 41.6 Å². The number of rotatable bonds is 5. The Balaban J connectivity index is 1.89. The van der Waals surface area contributed by atoms with Crippen LogP contribution in [0, 0.1) is 5.41 Å². The van der Waals surface area contributed by atoms with Crippen LogP contribution < -0.4 is 0 Å². The summed E-state index contributed by atoms with van der Waals surface area (Å²) < 4.78 is 11.6. The standard InChI is InChI=1S/C22H33NO4/c1-21(2,3)16-22(4,5)27-20(25)23-12-11-19(13-18(24)14-23)26-15-17-9-7-6-8-10-17/h6-10,19H,11-16H2,1-5H3. The van der Waals surface area contributed by atoms with Gasteiger partial charge in [-0.1, -0.05) is 51.1 Å². The molecule has 0 bridgehead atoms. The van der Waals surface area contributed by atoms with Gasteiger partial charge in [0.2, 0.25) is 0 Å². The van der Waals surface area contributed by atoms with Crippen LogP contribution >= 0.6 is 0 Å². The van der Waals surface area contributed by atoms with E-state index in [0.717, 1.165) is 12.0 Å². The maximum absolute atomic E-state index is 12.6. The molecule has 27 heavy (non-hydrogen) atoms. The van der Waals surface area contributed by atoms with Crippen molar-refractivity contribution < 1.29 is 19.1 Å². The summed E-state index contributed by atoms with van der Waals surface area (Å²) in [6, 6.07) is 9.89. The Morgan fingerprint density at radius 1 is 1.15 bits per heavy atom. The van der Waals surface area contributed by atoms with E-state index in [1.807, 2.05) is 44.2 Å². The predicted octanol–water partition coefficient (Wildman–Crippen LogP) is 4.59. The zero-order valence-electron chi connectivity index (χ0n) is 17.3. The van der Waals surface area contributed by atoms with Gasteiger partial charge >= 0.3 is 6.09 Å². The number of hydrogen-bond donors (Lipinski definition) is 0. The van der Waals surface area contributed by atoms with E-state index in [0.29, 0.717) is 26.0 Å². The van der Waals surface area contributed by atoms with Crippen molar-refractivity contribution in [1.82, 2.24) is 4.90 Å². The third-order valence-corrected chi connectivity index (χ3v) is 4.45. The number of Topliss-reactive ketones (excluding diaryl/α,β-unsaturated/α-hetero) is 1. The molecular formula is C22H33NO4. The molecule has 0 aromatic heterocycles. The fourth-order valence-corrected chi connectivity index (χ4v) is 3.71. The molecule has 1 amide bonds. The third-order valence-electron chi connectivity index (χ3n) is 4.45. The maximum atomic E-state index is 12.6. The highest BCUT2D eigenvalue weighted by Gasteiger charge is 2.33. The van der Waals surface area contributed by atoms with Gasteiger partial charge in [0.05, 0.1) is 19.3 Å². The van der Waals surface area contributed by atoms with Gasteiger partial charge in [0, 0.05) is 13.0 Å². The minimum atomic E-state index is -0.576. The van der Waals surface area contributed by atoms with Gasteiger partial charge < -0.3 is 14.4 Å². The summed E-state index contributed by atoms with van der Waals surface area (Å²) in [6.45, 7) is 11.2. The van der Waals surface area contributed by atoms with Crippen LogP contribution in [-0.2, 0) is 20.9 Å². The molecule has 0 N–H and O–H groups in total. The van der Waals surface area contributed by atoms with Crippen molar-refractivity contribution in [2.75, 3.05) is 13.1 Å². The molecule has 0 aliphatic carbocycles. The summed E-state index contributed by atoms with van der Waals surface area (Å²) in [5, 5.41) is 0. The monoisotopic (exact) mass is 375 g/mol. The number of nitrogens with zero attached hydrogens (tertiary/aromatic N) is 1. The number of ketones is 1. The van der Waals surface area contributed by atoms with Crippen LogP contribution in [0.4, 0.5) is 4.79 Å². The second-order valence-corrected chi connectivity index (χ2v) is 9.24. The van der Waals surface area contributed by atoms with Crippen molar-refractivity contribution >= 4 is 11.9 Å². The smallest absolute Gasteiger partial charge is 0.410 e. The van der Waals surface area contributed by atoms with E-state index in [1.165, 1.54) is 4.90 Å². The number of ether oxygens (including phenoxy) is 2. The minimum absolute atomic E-state index is 0.0103. The van der Waals surface area contributed by atoms with E-state index in [1.54, 1.807) is 0 Å².